The summed E-state index contributed by atoms with van der Waals surface area (Å²) >= 11 is 0. The molecule has 2 heterocycles. The van der Waals surface area contributed by atoms with Gasteiger partial charge in [-0.1, -0.05) is 0 Å². The summed E-state index contributed by atoms with van der Waals surface area (Å²) in [5.41, 5.74) is -0.649. The van der Waals surface area contributed by atoms with Crippen LogP contribution < -0.4 is 24.4 Å². The molecule has 0 aliphatic carbocycles. The first-order valence-corrected chi connectivity index (χ1v) is 11.0. The van der Waals surface area contributed by atoms with Gasteiger partial charge in [0.05, 0.1) is 27.9 Å². The first kappa shape index (κ1) is 26.3. The zero-order chi connectivity index (χ0) is 27.0. The molecule has 5 atom stereocenters. The number of hydrogen-bond donors (Lipinski definition) is 6. The topological polar surface area (TPSA) is 198 Å². The number of aliphatic hydroxyl groups excluding tert-OH is 4. The van der Waals surface area contributed by atoms with Crippen LogP contribution in [0.5, 0.6) is 34.5 Å². The molecule has 0 spiro atoms. The zero-order valence-electron chi connectivity index (χ0n) is 19.9. The second kappa shape index (κ2) is 10.3. The van der Waals surface area contributed by atoms with Crippen LogP contribution in [0.4, 0.5) is 0 Å². The van der Waals surface area contributed by atoms with Crippen molar-refractivity contribution in [3.05, 3.63) is 34.5 Å². The molecule has 1 aliphatic rings. The lowest BCUT2D eigenvalue weighted by Gasteiger charge is -2.39. The lowest BCUT2D eigenvalue weighted by atomic mass is 9.99. The normalized spacial score (nSPS) is 23.6. The lowest BCUT2D eigenvalue weighted by Crippen LogP contribution is -2.60. The maximum Gasteiger partial charge on any atom is 0.239 e. The van der Waals surface area contributed by atoms with Crippen molar-refractivity contribution >= 4 is 11.0 Å². The second-order valence-corrected chi connectivity index (χ2v) is 8.12. The molecule has 0 bridgehead atoms. The number of rotatable bonds is 7. The van der Waals surface area contributed by atoms with Crippen molar-refractivity contribution in [2.75, 3.05) is 27.9 Å². The number of phenolic OH excluding ortho intramolecular Hbond substituents is 2. The highest BCUT2D eigenvalue weighted by Crippen LogP contribution is 2.44. The molecule has 5 unspecified atom stereocenters. The third-order valence-electron chi connectivity index (χ3n) is 6.00. The van der Waals surface area contributed by atoms with E-state index < -0.39 is 54.2 Å². The van der Waals surface area contributed by atoms with Gasteiger partial charge in [-0.05, 0) is 18.2 Å². The van der Waals surface area contributed by atoms with Crippen molar-refractivity contribution in [1.82, 2.24) is 0 Å². The molecule has 0 amide bonds. The molecule has 1 saturated heterocycles. The highest BCUT2D eigenvalue weighted by Gasteiger charge is 2.45. The number of hydrogen-bond acceptors (Lipinski definition) is 13. The zero-order valence-corrected chi connectivity index (χ0v) is 19.9. The van der Waals surface area contributed by atoms with Gasteiger partial charge in [-0.3, -0.25) is 4.79 Å². The molecule has 1 fully saturated rings. The highest BCUT2D eigenvalue weighted by atomic mass is 16.7. The molecule has 200 valence electrons. The summed E-state index contributed by atoms with van der Waals surface area (Å²) in [5, 5.41) is 60.0. The Hall–Kier alpha value is -3.75. The summed E-state index contributed by atoms with van der Waals surface area (Å²) < 4.78 is 32.6. The number of aliphatic hydroxyl groups is 4. The van der Waals surface area contributed by atoms with Gasteiger partial charge in [0.2, 0.25) is 23.2 Å². The smallest absolute Gasteiger partial charge is 0.239 e. The van der Waals surface area contributed by atoms with E-state index in [1.165, 1.54) is 45.6 Å². The van der Waals surface area contributed by atoms with E-state index in [4.69, 9.17) is 28.1 Å². The summed E-state index contributed by atoms with van der Waals surface area (Å²) in [6, 6.07) is 5.59. The predicted molar refractivity (Wildman–Crippen MR) is 125 cm³/mol. The molecule has 3 aromatic rings. The van der Waals surface area contributed by atoms with Crippen LogP contribution in [0.25, 0.3) is 22.3 Å². The summed E-state index contributed by atoms with van der Waals surface area (Å²) in [6.45, 7) is -0.646. The number of phenols is 2. The van der Waals surface area contributed by atoms with Crippen LogP contribution in [0.1, 0.15) is 0 Å². The average molecular weight is 522 g/mol. The van der Waals surface area contributed by atoms with E-state index in [1.54, 1.807) is 0 Å². The molecule has 0 saturated carbocycles. The second-order valence-electron chi connectivity index (χ2n) is 8.12. The monoisotopic (exact) mass is 522 g/mol. The Morgan fingerprint density at radius 3 is 2.19 bits per heavy atom. The lowest BCUT2D eigenvalue weighted by molar-refractivity contribution is -0.277. The molecular formula is C24H26O13. The minimum atomic E-state index is -1.68. The van der Waals surface area contributed by atoms with E-state index in [0.29, 0.717) is 0 Å². The van der Waals surface area contributed by atoms with Crippen molar-refractivity contribution in [3.63, 3.8) is 0 Å². The van der Waals surface area contributed by atoms with Crippen LogP contribution in [0.15, 0.2) is 33.5 Å². The molecule has 2 aromatic carbocycles. The Kier molecular flexibility index (Phi) is 7.34. The summed E-state index contributed by atoms with van der Waals surface area (Å²) in [6.07, 6.45) is -7.62. The SMILES string of the molecule is COc1ccc(-c2oc3cc(OC)c(O)c(O)c3c(=O)c2OC)cc1OC1OC(CO)C(O)C(O)C1O. The van der Waals surface area contributed by atoms with Gasteiger partial charge in [0, 0.05) is 11.6 Å². The minimum absolute atomic E-state index is 0.0136. The van der Waals surface area contributed by atoms with Crippen molar-refractivity contribution in [2.24, 2.45) is 0 Å². The Labute approximate surface area is 209 Å². The van der Waals surface area contributed by atoms with Gasteiger partial charge in [-0.15, -0.1) is 0 Å². The molecule has 0 radical (unpaired) electrons. The molecule has 6 N–H and O–H groups in total. The molecular weight excluding hydrogens is 496 g/mol. The number of ether oxygens (including phenoxy) is 5. The van der Waals surface area contributed by atoms with Crippen LogP contribution >= 0.6 is 0 Å². The first-order valence-electron chi connectivity index (χ1n) is 11.0. The van der Waals surface area contributed by atoms with Crippen molar-refractivity contribution in [3.8, 4) is 45.8 Å². The maximum absolute atomic E-state index is 13.1. The number of methoxy groups -OCH3 is 3. The van der Waals surface area contributed by atoms with E-state index in [0.717, 1.165) is 0 Å². The van der Waals surface area contributed by atoms with Gasteiger partial charge in [0.1, 0.15) is 35.4 Å². The van der Waals surface area contributed by atoms with Crippen molar-refractivity contribution in [1.29, 1.82) is 0 Å². The van der Waals surface area contributed by atoms with Gasteiger partial charge in [0.15, 0.2) is 28.8 Å². The molecule has 13 nitrogen and oxygen atoms in total. The van der Waals surface area contributed by atoms with Crippen LogP contribution in [-0.4, -0.2) is 89.3 Å². The van der Waals surface area contributed by atoms with Gasteiger partial charge in [0.25, 0.3) is 0 Å². The fraction of sp³-hybridized carbons (Fsp3) is 0.375. The standard InChI is InChI=1S/C24H26O13/c1-32-10-5-4-9(6-11(10)36-24-21(31)20(30)17(27)14(8-25)37-24)22-23(34-3)19(29)15-12(35-22)7-13(33-2)16(26)18(15)28/h4-7,14,17,20-21,24-28,30-31H,8H2,1-3H3. The van der Waals surface area contributed by atoms with E-state index >= 15 is 0 Å². The Morgan fingerprint density at radius 1 is 0.865 bits per heavy atom. The Bertz CT molecular complexity index is 1350. The molecule has 13 heteroatoms. The summed E-state index contributed by atoms with van der Waals surface area (Å²) in [5.74, 6) is -1.73. The Morgan fingerprint density at radius 2 is 1.57 bits per heavy atom. The average Bonchev–Trinajstić information content (AvgIpc) is 2.90. The number of aromatic hydroxyl groups is 2. The van der Waals surface area contributed by atoms with E-state index in [-0.39, 0.29) is 45.3 Å². The van der Waals surface area contributed by atoms with Crippen LogP contribution in [0.2, 0.25) is 0 Å². The van der Waals surface area contributed by atoms with Crippen LogP contribution in [0.3, 0.4) is 0 Å². The number of fused-ring (bicyclic) bond motifs is 1. The fourth-order valence-electron chi connectivity index (χ4n) is 4.02. The van der Waals surface area contributed by atoms with Gasteiger partial charge in [-0.25, -0.2) is 0 Å². The number of benzene rings is 2. The summed E-state index contributed by atoms with van der Waals surface area (Å²) in [7, 11) is 3.83. The largest absolute Gasteiger partial charge is 0.504 e. The quantitative estimate of drug-likeness (QED) is 0.228. The molecule has 1 aromatic heterocycles. The van der Waals surface area contributed by atoms with Gasteiger partial charge in [-0.2, -0.15) is 0 Å². The van der Waals surface area contributed by atoms with Crippen LogP contribution in [-0.2, 0) is 4.74 Å². The highest BCUT2D eigenvalue weighted by molar-refractivity contribution is 5.91. The third kappa shape index (κ3) is 4.47. The minimum Gasteiger partial charge on any atom is -0.504 e. The molecule has 4 rings (SSSR count). The van der Waals surface area contributed by atoms with E-state index in [9.17, 15) is 35.4 Å². The van der Waals surface area contributed by atoms with Crippen molar-refractivity contribution < 1.29 is 58.7 Å². The van der Waals surface area contributed by atoms with E-state index in [1.807, 2.05) is 0 Å². The Balaban J connectivity index is 1.83. The summed E-state index contributed by atoms with van der Waals surface area (Å²) in [4.78, 5) is 13.1. The predicted octanol–water partition coefficient (Wildman–Crippen LogP) is 0.0757. The fourth-order valence-corrected chi connectivity index (χ4v) is 4.02. The van der Waals surface area contributed by atoms with Crippen molar-refractivity contribution in [2.45, 2.75) is 30.7 Å². The maximum atomic E-state index is 13.1. The van der Waals surface area contributed by atoms with Crippen LogP contribution in [0, 0.1) is 0 Å². The van der Waals surface area contributed by atoms with Gasteiger partial charge < -0.3 is 58.7 Å². The van der Waals surface area contributed by atoms with Gasteiger partial charge >= 0.3 is 0 Å². The first-order chi connectivity index (χ1) is 17.7. The van der Waals surface area contributed by atoms with E-state index in [2.05, 4.69) is 0 Å². The third-order valence-corrected chi connectivity index (χ3v) is 6.00. The molecule has 37 heavy (non-hydrogen) atoms. The molecule has 1 aliphatic heterocycles.